The van der Waals surface area contributed by atoms with Crippen LogP contribution in [0.3, 0.4) is 0 Å². The highest BCUT2D eigenvalue weighted by molar-refractivity contribution is 6.31. The van der Waals surface area contributed by atoms with Crippen LogP contribution < -0.4 is 5.73 Å². The number of aromatic hydroxyl groups is 1. The van der Waals surface area contributed by atoms with E-state index in [0.29, 0.717) is 22.8 Å². The SMILES string of the molecule is CN(Cc1cc(N)ccc1Cl)C(=O)Cc1ccccc1O. The number of nitrogens with zero attached hydrogens (tertiary/aromatic N) is 1. The van der Waals surface area contributed by atoms with E-state index in [1.54, 1.807) is 54.4 Å². The molecule has 0 saturated heterocycles. The summed E-state index contributed by atoms with van der Waals surface area (Å²) in [5, 5.41) is 10.3. The molecular formula is C16H17ClN2O2. The smallest absolute Gasteiger partial charge is 0.227 e. The van der Waals surface area contributed by atoms with Gasteiger partial charge in [0.2, 0.25) is 5.91 Å². The molecule has 0 radical (unpaired) electrons. The van der Waals surface area contributed by atoms with Crippen LogP contribution in [0.1, 0.15) is 11.1 Å². The highest BCUT2D eigenvalue weighted by Gasteiger charge is 2.13. The predicted octanol–water partition coefficient (Wildman–Crippen LogP) is 2.83. The highest BCUT2D eigenvalue weighted by atomic mass is 35.5. The number of anilines is 1. The Kier molecular flexibility index (Phi) is 4.70. The molecule has 4 nitrogen and oxygen atoms in total. The van der Waals surface area contributed by atoms with E-state index in [0.717, 1.165) is 5.56 Å². The number of likely N-dealkylation sites (N-methyl/N-ethyl adjacent to an activating group) is 1. The molecule has 110 valence electrons. The number of nitrogens with two attached hydrogens (primary N) is 1. The maximum Gasteiger partial charge on any atom is 0.227 e. The number of rotatable bonds is 4. The van der Waals surface area contributed by atoms with Gasteiger partial charge >= 0.3 is 0 Å². The van der Waals surface area contributed by atoms with Gasteiger partial charge in [-0.15, -0.1) is 0 Å². The Morgan fingerprint density at radius 1 is 1.24 bits per heavy atom. The van der Waals surface area contributed by atoms with Crippen molar-refractivity contribution in [2.24, 2.45) is 0 Å². The third-order valence-electron chi connectivity index (χ3n) is 3.24. The van der Waals surface area contributed by atoms with Crippen LogP contribution in [0.25, 0.3) is 0 Å². The predicted molar refractivity (Wildman–Crippen MR) is 84.1 cm³/mol. The van der Waals surface area contributed by atoms with Gasteiger partial charge < -0.3 is 15.7 Å². The Labute approximate surface area is 128 Å². The van der Waals surface area contributed by atoms with E-state index in [4.69, 9.17) is 17.3 Å². The maximum absolute atomic E-state index is 12.2. The molecule has 2 aromatic rings. The first-order valence-electron chi connectivity index (χ1n) is 6.52. The van der Waals surface area contributed by atoms with Gasteiger partial charge in [0, 0.05) is 29.9 Å². The number of amides is 1. The van der Waals surface area contributed by atoms with Gasteiger partial charge in [-0.1, -0.05) is 29.8 Å². The van der Waals surface area contributed by atoms with Gasteiger partial charge in [-0.05, 0) is 29.8 Å². The molecule has 0 unspecified atom stereocenters. The Morgan fingerprint density at radius 2 is 1.95 bits per heavy atom. The molecule has 0 fully saturated rings. The lowest BCUT2D eigenvalue weighted by molar-refractivity contribution is -0.129. The van der Waals surface area contributed by atoms with Crippen LogP contribution in [0.4, 0.5) is 5.69 Å². The second-order valence-electron chi connectivity index (χ2n) is 4.91. The molecule has 0 aliphatic heterocycles. The molecule has 1 amide bonds. The molecule has 0 spiro atoms. The topological polar surface area (TPSA) is 66.6 Å². The van der Waals surface area contributed by atoms with Crippen molar-refractivity contribution in [3.05, 3.63) is 58.6 Å². The summed E-state index contributed by atoms with van der Waals surface area (Å²) < 4.78 is 0. The number of carbonyl (C=O) groups is 1. The molecule has 5 heteroatoms. The van der Waals surface area contributed by atoms with Crippen LogP contribution in [0.5, 0.6) is 5.75 Å². The third-order valence-corrected chi connectivity index (χ3v) is 3.61. The summed E-state index contributed by atoms with van der Waals surface area (Å²) in [5.74, 6) is 0.0243. The number of phenolic OH excluding ortho intramolecular Hbond substituents is 1. The molecule has 0 aromatic heterocycles. The summed E-state index contributed by atoms with van der Waals surface area (Å²) in [4.78, 5) is 13.8. The normalized spacial score (nSPS) is 10.4. The van der Waals surface area contributed by atoms with Crippen molar-refractivity contribution in [3.8, 4) is 5.75 Å². The third kappa shape index (κ3) is 3.89. The van der Waals surface area contributed by atoms with Gasteiger partial charge in [-0.3, -0.25) is 4.79 Å². The summed E-state index contributed by atoms with van der Waals surface area (Å²) in [5.41, 5.74) is 7.74. The van der Waals surface area contributed by atoms with Crippen molar-refractivity contribution < 1.29 is 9.90 Å². The summed E-state index contributed by atoms with van der Waals surface area (Å²) in [6.45, 7) is 0.371. The highest BCUT2D eigenvalue weighted by Crippen LogP contribution is 2.21. The molecule has 3 N–H and O–H groups in total. The second-order valence-corrected chi connectivity index (χ2v) is 5.31. The van der Waals surface area contributed by atoms with Crippen molar-refractivity contribution in [2.75, 3.05) is 12.8 Å². The van der Waals surface area contributed by atoms with Gasteiger partial charge in [-0.2, -0.15) is 0 Å². The molecule has 0 atom stereocenters. The van der Waals surface area contributed by atoms with Gasteiger partial charge in [0.1, 0.15) is 5.75 Å². The Hall–Kier alpha value is -2.20. The number of phenols is 1. The number of halogens is 1. The van der Waals surface area contributed by atoms with Crippen LogP contribution in [-0.2, 0) is 17.8 Å². The van der Waals surface area contributed by atoms with Crippen LogP contribution >= 0.6 is 11.6 Å². The van der Waals surface area contributed by atoms with Crippen LogP contribution in [0, 0.1) is 0 Å². The number of nitrogen functional groups attached to an aromatic ring is 1. The van der Waals surface area contributed by atoms with E-state index in [9.17, 15) is 9.90 Å². The van der Waals surface area contributed by atoms with Gasteiger partial charge in [0.25, 0.3) is 0 Å². The van der Waals surface area contributed by atoms with E-state index in [1.807, 2.05) is 0 Å². The van der Waals surface area contributed by atoms with Gasteiger partial charge in [-0.25, -0.2) is 0 Å². The van der Waals surface area contributed by atoms with Crippen molar-refractivity contribution in [2.45, 2.75) is 13.0 Å². The van der Waals surface area contributed by atoms with E-state index in [-0.39, 0.29) is 18.1 Å². The molecule has 0 heterocycles. The number of para-hydroxylation sites is 1. The van der Waals surface area contributed by atoms with Crippen LogP contribution in [-0.4, -0.2) is 23.0 Å². The van der Waals surface area contributed by atoms with Crippen LogP contribution in [0.15, 0.2) is 42.5 Å². The fraction of sp³-hybridized carbons (Fsp3) is 0.188. The second kappa shape index (κ2) is 6.50. The molecule has 0 aliphatic rings. The first-order valence-corrected chi connectivity index (χ1v) is 6.90. The zero-order chi connectivity index (χ0) is 15.4. The average molecular weight is 305 g/mol. The van der Waals surface area contributed by atoms with Gasteiger partial charge in [0.05, 0.1) is 6.42 Å². The number of benzene rings is 2. The molecule has 0 aliphatic carbocycles. The first kappa shape index (κ1) is 15.2. The minimum absolute atomic E-state index is 0.102. The summed E-state index contributed by atoms with van der Waals surface area (Å²) >= 11 is 6.10. The standard InChI is InChI=1S/C16H17ClN2O2/c1-19(10-12-8-13(18)6-7-14(12)17)16(21)9-11-4-2-3-5-15(11)20/h2-8,20H,9-10,18H2,1H3. The fourth-order valence-corrected chi connectivity index (χ4v) is 2.20. The Morgan fingerprint density at radius 3 is 2.67 bits per heavy atom. The fourth-order valence-electron chi connectivity index (χ4n) is 2.02. The van der Waals surface area contributed by atoms with Crippen LogP contribution in [0.2, 0.25) is 5.02 Å². The molecule has 21 heavy (non-hydrogen) atoms. The van der Waals surface area contributed by atoms with Crippen molar-refractivity contribution in [3.63, 3.8) is 0 Å². The molecule has 2 rings (SSSR count). The quantitative estimate of drug-likeness (QED) is 0.854. The lowest BCUT2D eigenvalue weighted by atomic mass is 10.1. The van der Waals surface area contributed by atoms with E-state index < -0.39 is 0 Å². The lowest BCUT2D eigenvalue weighted by Gasteiger charge is -2.18. The average Bonchev–Trinajstić information content (AvgIpc) is 2.45. The van der Waals surface area contributed by atoms with E-state index >= 15 is 0 Å². The lowest BCUT2D eigenvalue weighted by Crippen LogP contribution is -2.27. The maximum atomic E-state index is 12.2. The zero-order valence-corrected chi connectivity index (χ0v) is 12.5. The first-order chi connectivity index (χ1) is 9.97. The molecule has 0 bridgehead atoms. The Balaban J connectivity index is 2.06. The minimum atomic E-state index is -0.102. The summed E-state index contributed by atoms with van der Waals surface area (Å²) in [6.07, 6.45) is 0.142. The molecular weight excluding hydrogens is 288 g/mol. The van der Waals surface area contributed by atoms with Crippen molar-refractivity contribution >= 4 is 23.2 Å². The number of carbonyl (C=O) groups excluding carboxylic acids is 1. The van der Waals surface area contributed by atoms with Crippen molar-refractivity contribution in [1.82, 2.24) is 4.90 Å². The molecule has 0 saturated carbocycles. The Bertz CT molecular complexity index is 658. The largest absolute Gasteiger partial charge is 0.508 e. The monoisotopic (exact) mass is 304 g/mol. The zero-order valence-electron chi connectivity index (χ0n) is 11.7. The number of hydrogen-bond donors (Lipinski definition) is 2. The van der Waals surface area contributed by atoms with E-state index in [2.05, 4.69) is 0 Å². The van der Waals surface area contributed by atoms with Gasteiger partial charge in [0.15, 0.2) is 0 Å². The van der Waals surface area contributed by atoms with E-state index in [1.165, 1.54) is 0 Å². The minimum Gasteiger partial charge on any atom is -0.508 e. The molecule has 2 aromatic carbocycles. The summed E-state index contributed by atoms with van der Waals surface area (Å²) in [7, 11) is 1.70. The van der Waals surface area contributed by atoms with Crippen molar-refractivity contribution in [1.29, 1.82) is 0 Å². The number of hydrogen-bond acceptors (Lipinski definition) is 3. The summed E-state index contributed by atoms with van der Waals surface area (Å²) in [6, 6.07) is 12.0.